The molecule has 1 amide bonds. The van der Waals surface area contributed by atoms with E-state index in [-0.39, 0.29) is 24.5 Å². The van der Waals surface area contributed by atoms with Crippen molar-refractivity contribution in [3.05, 3.63) is 0 Å². The zero-order valence-corrected chi connectivity index (χ0v) is 12.0. The van der Waals surface area contributed by atoms with Crippen LogP contribution < -0.4 is 5.32 Å². The molecule has 18 heavy (non-hydrogen) atoms. The lowest BCUT2D eigenvalue weighted by molar-refractivity contribution is -0.125. The fourth-order valence-electron chi connectivity index (χ4n) is 2.72. The third-order valence-corrected chi connectivity index (χ3v) is 3.60. The van der Waals surface area contributed by atoms with Crippen LogP contribution in [0.4, 0.5) is 0 Å². The fraction of sp³-hybridized carbons (Fsp3) is 0.929. The molecule has 0 spiro atoms. The number of amides is 1. The van der Waals surface area contributed by atoms with E-state index in [1.54, 1.807) is 0 Å². The maximum atomic E-state index is 11.8. The van der Waals surface area contributed by atoms with Gasteiger partial charge in [0.25, 0.3) is 0 Å². The number of rotatable bonds is 6. The largest absolute Gasteiger partial charge is 0.395 e. The molecule has 2 N–H and O–H groups in total. The Kier molecular flexibility index (Phi) is 6.65. The van der Waals surface area contributed by atoms with Crippen molar-refractivity contribution in [3.63, 3.8) is 0 Å². The topological polar surface area (TPSA) is 52.6 Å². The van der Waals surface area contributed by atoms with Gasteiger partial charge in [-0.25, -0.2) is 0 Å². The molecule has 1 heterocycles. The van der Waals surface area contributed by atoms with Crippen molar-refractivity contribution in [3.8, 4) is 0 Å². The fourth-order valence-corrected chi connectivity index (χ4v) is 2.72. The van der Waals surface area contributed by atoms with Crippen molar-refractivity contribution in [2.45, 2.75) is 46.1 Å². The van der Waals surface area contributed by atoms with E-state index in [9.17, 15) is 4.79 Å². The van der Waals surface area contributed by atoms with Crippen LogP contribution in [-0.2, 0) is 4.79 Å². The van der Waals surface area contributed by atoms with Crippen LogP contribution in [0, 0.1) is 11.8 Å². The number of hydrogen-bond donors (Lipinski definition) is 2. The molecule has 0 aromatic carbocycles. The normalized spacial score (nSPS) is 25.4. The minimum Gasteiger partial charge on any atom is -0.395 e. The zero-order valence-electron chi connectivity index (χ0n) is 12.0. The number of hydrogen-bond acceptors (Lipinski definition) is 3. The Hall–Kier alpha value is -0.610. The van der Waals surface area contributed by atoms with Gasteiger partial charge in [-0.2, -0.15) is 0 Å². The highest BCUT2D eigenvalue weighted by Crippen LogP contribution is 2.21. The number of β-amino-alcohol motifs (C(OH)–C–C–N with tert-alkyl or cyclic N) is 1. The van der Waals surface area contributed by atoms with Gasteiger partial charge in [0, 0.05) is 31.6 Å². The van der Waals surface area contributed by atoms with Gasteiger partial charge >= 0.3 is 0 Å². The van der Waals surface area contributed by atoms with E-state index < -0.39 is 0 Å². The molecule has 1 saturated heterocycles. The molecule has 0 aromatic heterocycles. The summed E-state index contributed by atoms with van der Waals surface area (Å²) in [5, 5.41) is 12.2. The average Bonchev–Trinajstić information content (AvgIpc) is 2.29. The molecule has 2 unspecified atom stereocenters. The van der Waals surface area contributed by atoms with Gasteiger partial charge in [-0.1, -0.05) is 27.2 Å². The Labute approximate surface area is 111 Å². The number of carbonyl (C=O) groups excluding carboxylic acids is 1. The summed E-state index contributed by atoms with van der Waals surface area (Å²) in [7, 11) is 0. The number of nitrogens with zero attached hydrogens (tertiary/aromatic N) is 1. The van der Waals surface area contributed by atoms with E-state index in [1.807, 2.05) is 13.8 Å². The molecular formula is C14H28N2O2. The molecule has 1 aliphatic heterocycles. The highest BCUT2D eigenvalue weighted by molar-refractivity contribution is 5.78. The highest BCUT2D eigenvalue weighted by Gasteiger charge is 2.27. The summed E-state index contributed by atoms with van der Waals surface area (Å²) in [5.41, 5.74) is 0. The van der Waals surface area contributed by atoms with E-state index >= 15 is 0 Å². The average molecular weight is 256 g/mol. The van der Waals surface area contributed by atoms with Gasteiger partial charge in [0.2, 0.25) is 5.91 Å². The number of aliphatic hydroxyl groups excluding tert-OH is 1. The van der Waals surface area contributed by atoms with Crippen LogP contribution in [0.3, 0.4) is 0 Å². The summed E-state index contributed by atoms with van der Waals surface area (Å²) in [5.74, 6) is 0.830. The van der Waals surface area contributed by atoms with Crippen LogP contribution in [0.2, 0.25) is 0 Å². The molecule has 0 saturated carbocycles. The number of likely N-dealkylation sites (tertiary alicyclic amines) is 1. The molecule has 0 bridgehead atoms. The van der Waals surface area contributed by atoms with Crippen LogP contribution in [0.25, 0.3) is 0 Å². The van der Waals surface area contributed by atoms with E-state index in [4.69, 9.17) is 5.11 Å². The minimum absolute atomic E-state index is 0.0443. The molecule has 1 rings (SSSR count). The number of piperidine rings is 1. The first-order chi connectivity index (χ1) is 8.56. The Morgan fingerprint density at radius 1 is 1.44 bits per heavy atom. The number of carbonyl (C=O) groups is 1. The van der Waals surface area contributed by atoms with Crippen LogP contribution >= 0.6 is 0 Å². The molecule has 2 atom stereocenters. The second-order valence-electron chi connectivity index (χ2n) is 5.73. The van der Waals surface area contributed by atoms with E-state index in [2.05, 4.69) is 17.1 Å². The van der Waals surface area contributed by atoms with Crippen LogP contribution in [-0.4, -0.2) is 48.2 Å². The predicted octanol–water partition coefficient (Wildman–Crippen LogP) is 1.24. The standard InChI is InChI=1S/C14H28N2O2/c1-4-5-12-8-13(15-14(18)11(2)3)10-16(9-12)6-7-17/h11-13,17H,4-10H2,1-3H3,(H,15,18). The van der Waals surface area contributed by atoms with Gasteiger partial charge in [0.05, 0.1) is 6.61 Å². The Balaban J connectivity index is 2.52. The smallest absolute Gasteiger partial charge is 0.222 e. The zero-order chi connectivity index (χ0) is 13.5. The highest BCUT2D eigenvalue weighted by atomic mass is 16.3. The molecule has 1 aliphatic rings. The van der Waals surface area contributed by atoms with Crippen LogP contribution in [0.5, 0.6) is 0 Å². The molecular weight excluding hydrogens is 228 g/mol. The van der Waals surface area contributed by atoms with Crippen molar-refractivity contribution >= 4 is 5.91 Å². The maximum absolute atomic E-state index is 11.8. The van der Waals surface area contributed by atoms with Crippen molar-refractivity contribution in [1.82, 2.24) is 10.2 Å². The van der Waals surface area contributed by atoms with E-state index in [0.717, 1.165) is 19.5 Å². The third-order valence-electron chi connectivity index (χ3n) is 3.60. The van der Waals surface area contributed by atoms with Gasteiger partial charge in [0.15, 0.2) is 0 Å². The summed E-state index contributed by atoms with van der Waals surface area (Å²) < 4.78 is 0. The number of nitrogens with one attached hydrogen (secondary N) is 1. The van der Waals surface area contributed by atoms with Gasteiger partial charge in [-0.3, -0.25) is 9.69 Å². The summed E-state index contributed by atoms with van der Waals surface area (Å²) in [6, 6.07) is 0.247. The van der Waals surface area contributed by atoms with Crippen LogP contribution in [0.15, 0.2) is 0 Å². The van der Waals surface area contributed by atoms with Crippen molar-refractivity contribution < 1.29 is 9.90 Å². The monoisotopic (exact) mass is 256 g/mol. The van der Waals surface area contributed by atoms with Gasteiger partial charge in [-0.15, -0.1) is 0 Å². The van der Waals surface area contributed by atoms with E-state index in [0.29, 0.717) is 12.5 Å². The summed E-state index contributed by atoms with van der Waals surface area (Å²) >= 11 is 0. The first-order valence-corrected chi connectivity index (χ1v) is 7.20. The molecule has 1 fully saturated rings. The second kappa shape index (κ2) is 7.74. The minimum atomic E-state index is 0.0443. The lowest BCUT2D eigenvalue weighted by Gasteiger charge is -2.38. The summed E-state index contributed by atoms with van der Waals surface area (Å²) in [4.78, 5) is 14.0. The first-order valence-electron chi connectivity index (χ1n) is 7.20. The SMILES string of the molecule is CCCC1CC(NC(=O)C(C)C)CN(CCO)C1. The van der Waals surface area contributed by atoms with Gasteiger partial charge in [0.1, 0.15) is 0 Å². The number of aliphatic hydroxyl groups is 1. The molecule has 0 aromatic rings. The Morgan fingerprint density at radius 2 is 2.17 bits per heavy atom. The van der Waals surface area contributed by atoms with Crippen molar-refractivity contribution in [1.29, 1.82) is 0 Å². The predicted molar refractivity (Wildman–Crippen MR) is 73.3 cm³/mol. The summed E-state index contributed by atoms with van der Waals surface area (Å²) in [6.45, 7) is 8.90. The van der Waals surface area contributed by atoms with Crippen molar-refractivity contribution in [2.24, 2.45) is 11.8 Å². The molecule has 0 aliphatic carbocycles. The summed E-state index contributed by atoms with van der Waals surface area (Å²) in [6.07, 6.45) is 3.46. The molecule has 0 radical (unpaired) electrons. The molecule has 4 nitrogen and oxygen atoms in total. The second-order valence-corrected chi connectivity index (χ2v) is 5.73. The maximum Gasteiger partial charge on any atom is 0.222 e. The first kappa shape index (κ1) is 15.4. The lowest BCUT2D eigenvalue weighted by Crippen LogP contribution is -2.52. The van der Waals surface area contributed by atoms with E-state index in [1.165, 1.54) is 12.8 Å². The Morgan fingerprint density at radius 3 is 2.72 bits per heavy atom. The third kappa shape index (κ3) is 4.94. The Bertz CT molecular complexity index is 242. The molecule has 106 valence electrons. The van der Waals surface area contributed by atoms with Gasteiger partial charge < -0.3 is 10.4 Å². The quantitative estimate of drug-likeness (QED) is 0.752. The van der Waals surface area contributed by atoms with Crippen molar-refractivity contribution in [2.75, 3.05) is 26.2 Å². The van der Waals surface area contributed by atoms with Gasteiger partial charge in [-0.05, 0) is 18.8 Å². The lowest BCUT2D eigenvalue weighted by atomic mass is 9.90. The van der Waals surface area contributed by atoms with Crippen LogP contribution in [0.1, 0.15) is 40.0 Å². The molecule has 4 heteroatoms.